The van der Waals surface area contributed by atoms with Crippen molar-refractivity contribution in [2.75, 3.05) is 6.61 Å². The first-order chi connectivity index (χ1) is 11.2. The molecule has 1 aromatic carbocycles. The van der Waals surface area contributed by atoms with Crippen molar-refractivity contribution in [3.05, 3.63) is 34.9 Å². The quantitative estimate of drug-likeness (QED) is 0.463. The highest BCUT2D eigenvalue weighted by Crippen LogP contribution is 2.35. The molecule has 0 saturated carbocycles. The van der Waals surface area contributed by atoms with Crippen molar-refractivity contribution in [3.63, 3.8) is 0 Å². The lowest BCUT2D eigenvalue weighted by molar-refractivity contribution is -0.162. The molecule has 3 rings (SSSR count). The van der Waals surface area contributed by atoms with Gasteiger partial charge in [0.05, 0.1) is 6.54 Å². The normalized spacial score (nSPS) is 16.8. The molecule has 2 amide bonds. The number of carbonyl (C=O) groups is 2. The summed E-state index contributed by atoms with van der Waals surface area (Å²) in [5, 5.41) is 11.3. The van der Waals surface area contributed by atoms with Gasteiger partial charge in [0.1, 0.15) is 12.3 Å². The van der Waals surface area contributed by atoms with Crippen molar-refractivity contribution >= 4 is 23.5 Å². The summed E-state index contributed by atoms with van der Waals surface area (Å²) in [7, 11) is 0. The van der Waals surface area contributed by atoms with Crippen molar-refractivity contribution in [1.82, 2.24) is 10.0 Å². The third-order valence-electron chi connectivity index (χ3n) is 3.89. The fraction of sp³-hybridized carbons (Fsp3) is 0.294. The predicted octanol–water partition coefficient (Wildman–Crippen LogP) is 0.473. The molecule has 2 aliphatic heterocycles. The van der Waals surface area contributed by atoms with Crippen molar-refractivity contribution in [3.8, 4) is 11.8 Å². The molecule has 0 radical (unpaired) electrons. The van der Waals surface area contributed by atoms with Crippen LogP contribution in [-0.4, -0.2) is 39.5 Å². The highest BCUT2D eigenvalue weighted by atomic mass is 16.2. The maximum absolute atomic E-state index is 12.1. The second kappa shape index (κ2) is 6.09. The molecule has 1 saturated heterocycles. The Morgan fingerprint density at radius 1 is 1.17 bits per heavy atom. The monoisotopic (exact) mass is 310 g/mol. The highest BCUT2D eigenvalue weighted by Gasteiger charge is 2.38. The Balaban J connectivity index is 2.05. The van der Waals surface area contributed by atoms with Crippen LogP contribution in [0.1, 0.15) is 36.0 Å². The molecule has 0 aromatic heterocycles. The minimum atomic E-state index is -0.315. The highest BCUT2D eigenvalue weighted by molar-refractivity contribution is 6.00. The van der Waals surface area contributed by atoms with Gasteiger partial charge in [0.2, 0.25) is 11.8 Å². The van der Waals surface area contributed by atoms with Gasteiger partial charge in [-0.1, -0.05) is 24.0 Å². The Bertz CT molecular complexity index is 781. The van der Waals surface area contributed by atoms with Crippen molar-refractivity contribution in [2.24, 2.45) is 0 Å². The molecular formula is C17H14N2O4. The number of aliphatic hydroxyl groups is 1. The molecule has 116 valence electrons. The van der Waals surface area contributed by atoms with E-state index < -0.39 is 0 Å². The largest absolute Gasteiger partial charge is 0.384 e. The Morgan fingerprint density at radius 2 is 1.91 bits per heavy atom. The number of piperidine rings is 1. The molecule has 0 aliphatic carbocycles. The van der Waals surface area contributed by atoms with Crippen LogP contribution in [0.25, 0.3) is 5.70 Å². The summed E-state index contributed by atoms with van der Waals surface area (Å²) in [4.78, 5) is 35.7. The molecule has 23 heavy (non-hydrogen) atoms. The maximum atomic E-state index is 12.1. The van der Waals surface area contributed by atoms with Crippen LogP contribution in [0, 0.1) is 11.8 Å². The van der Waals surface area contributed by atoms with Gasteiger partial charge < -0.3 is 5.11 Å². The van der Waals surface area contributed by atoms with Crippen molar-refractivity contribution in [2.45, 2.75) is 25.8 Å². The molecule has 0 spiro atoms. The van der Waals surface area contributed by atoms with Crippen molar-refractivity contribution in [1.29, 1.82) is 0 Å². The van der Waals surface area contributed by atoms with Crippen LogP contribution < -0.4 is 0 Å². The van der Waals surface area contributed by atoms with E-state index >= 15 is 0 Å². The van der Waals surface area contributed by atoms with E-state index in [0.717, 1.165) is 10.6 Å². The van der Waals surface area contributed by atoms with Gasteiger partial charge in [-0.15, -0.1) is 0 Å². The number of rotatable bonds is 1. The Kier molecular flexibility index (Phi) is 3.98. The van der Waals surface area contributed by atoms with Gasteiger partial charge in [-0.3, -0.25) is 14.6 Å². The van der Waals surface area contributed by atoms with Gasteiger partial charge in [0.25, 0.3) is 0 Å². The first kappa shape index (κ1) is 15.0. The summed E-state index contributed by atoms with van der Waals surface area (Å²) in [6.45, 7) is -0.0689. The molecule has 6 nitrogen and oxygen atoms in total. The molecule has 1 N–H and O–H groups in total. The number of hydrogen-bond acceptors (Lipinski definition) is 5. The van der Waals surface area contributed by atoms with Crippen LogP contribution in [0.4, 0.5) is 0 Å². The number of amides is 2. The smallest absolute Gasteiger partial charge is 0.248 e. The van der Waals surface area contributed by atoms with Gasteiger partial charge in [-0.25, -0.2) is 4.79 Å². The summed E-state index contributed by atoms with van der Waals surface area (Å²) in [5.74, 6) is 6.61. The number of nitrogens with zero attached hydrogens (tertiary/aromatic N) is 2. The summed E-state index contributed by atoms with van der Waals surface area (Å²) < 4.78 is 0. The topological polar surface area (TPSA) is 77.9 Å². The van der Waals surface area contributed by atoms with E-state index in [-0.39, 0.29) is 43.5 Å². The van der Waals surface area contributed by atoms with E-state index in [1.807, 2.05) is 5.94 Å². The molecule has 0 unspecified atom stereocenters. The number of hydrogen-bond donors (Lipinski definition) is 1. The second-order valence-electron chi connectivity index (χ2n) is 5.25. The zero-order valence-corrected chi connectivity index (χ0v) is 12.3. The number of aliphatic hydroxyl groups excluding tert-OH is 1. The molecule has 0 atom stereocenters. The van der Waals surface area contributed by atoms with E-state index in [0.29, 0.717) is 17.5 Å². The van der Waals surface area contributed by atoms with E-state index in [9.17, 15) is 14.4 Å². The van der Waals surface area contributed by atoms with Crippen LogP contribution in [0.15, 0.2) is 18.2 Å². The fourth-order valence-electron chi connectivity index (χ4n) is 2.89. The van der Waals surface area contributed by atoms with Gasteiger partial charge in [0, 0.05) is 24.0 Å². The van der Waals surface area contributed by atoms with E-state index in [2.05, 4.69) is 11.8 Å². The molecule has 2 aliphatic rings. The standard InChI is InChI=1S/C17H14N2O4/c20-9-3-5-12-4-1-6-13-14(12)10-18(15(13)11-21)19-16(22)7-2-8-17(19)23/h1,4,6,20H,2,7-10H2. The zero-order valence-electron chi connectivity index (χ0n) is 12.3. The van der Waals surface area contributed by atoms with Gasteiger partial charge in [-0.2, -0.15) is 5.01 Å². The minimum absolute atomic E-state index is 0.163. The predicted molar refractivity (Wildman–Crippen MR) is 80.8 cm³/mol. The Labute approximate surface area is 133 Å². The second-order valence-corrected chi connectivity index (χ2v) is 5.25. The summed E-state index contributed by atoms with van der Waals surface area (Å²) in [6, 6.07) is 5.24. The van der Waals surface area contributed by atoms with Gasteiger partial charge in [0.15, 0.2) is 5.94 Å². The third kappa shape index (κ3) is 2.53. The fourth-order valence-corrected chi connectivity index (χ4v) is 2.89. The van der Waals surface area contributed by atoms with Crippen LogP contribution in [-0.2, 0) is 20.9 Å². The summed E-state index contributed by atoms with van der Waals surface area (Å²) in [5.41, 5.74) is 2.17. The van der Waals surface area contributed by atoms with Crippen molar-refractivity contribution < 1.29 is 19.5 Å². The number of benzene rings is 1. The molecule has 6 heteroatoms. The Hall–Kier alpha value is -2.87. The summed E-state index contributed by atoms with van der Waals surface area (Å²) in [6.07, 6.45) is 1.09. The van der Waals surface area contributed by atoms with Crippen LogP contribution in [0.5, 0.6) is 0 Å². The van der Waals surface area contributed by atoms with Crippen LogP contribution >= 0.6 is 0 Å². The molecular weight excluding hydrogens is 296 g/mol. The van der Waals surface area contributed by atoms with E-state index in [1.54, 1.807) is 18.2 Å². The number of carbonyl (C=O) groups excluding carboxylic acids is 3. The number of imide groups is 1. The molecule has 1 fully saturated rings. The average molecular weight is 310 g/mol. The van der Waals surface area contributed by atoms with E-state index in [4.69, 9.17) is 5.11 Å². The van der Waals surface area contributed by atoms with Crippen LogP contribution in [0.3, 0.4) is 0 Å². The van der Waals surface area contributed by atoms with E-state index in [1.165, 1.54) is 5.01 Å². The SMILES string of the molecule is O=C=C1c2cccc(C#CCO)c2CN1N1C(=O)CCCC1=O. The maximum Gasteiger partial charge on any atom is 0.248 e. The van der Waals surface area contributed by atoms with Gasteiger partial charge >= 0.3 is 0 Å². The first-order valence-electron chi connectivity index (χ1n) is 7.27. The number of fused-ring (bicyclic) bond motifs is 1. The van der Waals surface area contributed by atoms with Crippen LogP contribution in [0.2, 0.25) is 0 Å². The third-order valence-corrected chi connectivity index (χ3v) is 3.89. The lowest BCUT2D eigenvalue weighted by atomic mass is 10.0. The summed E-state index contributed by atoms with van der Waals surface area (Å²) >= 11 is 0. The minimum Gasteiger partial charge on any atom is -0.384 e. The molecule has 2 heterocycles. The number of hydrazine groups is 1. The lowest BCUT2D eigenvalue weighted by Crippen LogP contribution is -2.49. The molecule has 1 aromatic rings. The van der Waals surface area contributed by atoms with Gasteiger partial charge in [-0.05, 0) is 18.1 Å². The zero-order chi connectivity index (χ0) is 16.4. The lowest BCUT2D eigenvalue weighted by Gasteiger charge is -2.33. The average Bonchev–Trinajstić information content (AvgIpc) is 2.91. The Morgan fingerprint density at radius 3 is 2.57 bits per heavy atom. The first-order valence-corrected chi connectivity index (χ1v) is 7.27. The molecule has 0 bridgehead atoms.